The Morgan fingerprint density at radius 3 is 2.69 bits per heavy atom. The Hall–Kier alpha value is -3.38. The van der Waals surface area contributed by atoms with Crippen molar-refractivity contribution in [1.82, 2.24) is 10.2 Å². The molecule has 1 aromatic heterocycles. The van der Waals surface area contributed by atoms with Crippen LogP contribution in [0.25, 0.3) is 11.5 Å². The molecule has 0 aliphatic heterocycles. The van der Waals surface area contributed by atoms with Gasteiger partial charge in [-0.1, -0.05) is 11.8 Å². The first-order valence-electron chi connectivity index (χ1n) is 7.38. The minimum atomic E-state index is -0.524. The predicted octanol–water partition coefficient (Wildman–Crippen LogP) is 3.82. The maximum absolute atomic E-state index is 10.9. The number of benzene rings is 2. The Kier molecular flexibility index (Phi) is 5.15. The fourth-order valence-electron chi connectivity index (χ4n) is 2.19. The van der Waals surface area contributed by atoms with Crippen molar-refractivity contribution in [2.75, 3.05) is 7.11 Å². The van der Waals surface area contributed by atoms with Crippen molar-refractivity contribution in [2.24, 2.45) is 0 Å². The first kappa shape index (κ1) is 17.4. The van der Waals surface area contributed by atoms with Gasteiger partial charge in [0.25, 0.3) is 10.9 Å². The zero-order valence-corrected chi connectivity index (χ0v) is 14.4. The molecule has 0 saturated carbocycles. The van der Waals surface area contributed by atoms with Crippen LogP contribution in [0.15, 0.2) is 52.1 Å². The average molecular weight is 368 g/mol. The van der Waals surface area contributed by atoms with Crippen LogP contribution in [-0.2, 0) is 5.75 Å². The van der Waals surface area contributed by atoms with E-state index in [0.717, 1.165) is 11.3 Å². The van der Waals surface area contributed by atoms with E-state index in [9.17, 15) is 10.1 Å². The summed E-state index contributed by atoms with van der Waals surface area (Å²) < 4.78 is 10.7. The van der Waals surface area contributed by atoms with Crippen molar-refractivity contribution in [3.05, 3.63) is 63.7 Å². The summed E-state index contributed by atoms with van der Waals surface area (Å²) in [4.78, 5) is 10.4. The molecule has 8 nitrogen and oxygen atoms in total. The first-order valence-corrected chi connectivity index (χ1v) is 8.37. The molecule has 0 aliphatic carbocycles. The molecular weight excluding hydrogens is 356 g/mol. The first-order chi connectivity index (χ1) is 12.6. The largest absolute Gasteiger partial charge is 0.497 e. The summed E-state index contributed by atoms with van der Waals surface area (Å²) in [7, 11) is 1.59. The number of hydrogen-bond acceptors (Lipinski definition) is 8. The average Bonchev–Trinajstić information content (AvgIpc) is 3.15. The second-order valence-electron chi connectivity index (χ2n) is 5.15. The van der Waals surface area contributed by atoms with Crippen LogP contribution in [0.5, 0.6) is 5.75 Å². The zero-order valence-electron chi connectivity index (χ0n) is 13.6. The quantitative estimate of drug-likeness (QED) is 0.366. The molecule has 3 aromatic rings. The molecule has 0 radical (unpaired) electrons. The van der Waals surface area contributed by atoms with Gasteiger partial charge in [-0.2, -0.15) is 5.26 Å². The molecule has 0 saturated heterocycles. The molecule has 1 heterocycles. The summed E-state index contributed by atoms with van der Waals surface area (Å²) in [6.45, 7) is 0. The van der Waals surface area contributed by atoms with Gasteiger partial charge < -0.3 is 9.15 Å². The van der Waals surface area contributed by atoms with Gasteiger partial charge in [0.15, 0.2) is 0 Å². The smallest absolute Gasteiger partial charge is 0.277 e. The highest BCUT2D eigenvalue weighted by molar-refractivity contribution is 7.98. The van der Waals surface area contributed by atoms with Crippen LogP contribution in [0.1, 0.15) is 11.1 Å². The lowest BCUT2D eigenvalue weighted by Crippen LogP contribution is -1.92. The molecule has 0 bridgehead atoms. The van der Waals surface area contributed by atoms with Crippen LogP contribution in [0.2, 0.25) is 0 Å². The minimum Gasteiger partial charge on any atom is -0.497 e. The fraction of sp³-hybridized carbons (Fsp3) is 0.118. The van der Waals surface area contributed by atoms with Gasteiger partial charge in [-0.15, -0.1) is 10.2 Å². The van der Waals surface area contributed by atoms with E-state index in [1.807, 2.05) is 6.07 Å². The molecule has 9 heteroatoms. The maximum Gasteiger partial charge on any atom is 0.277 e. The number of ether oxygens (including phenoxy) is 1. The van der Waals surface area contributed by atoms with E-state index >= 15 is 0 Å². The van der Waals surface area contributed by atoms with Gasteiger partial charge in [0.05, 0.1) is 23.7 Å². The molecule has 0 N–H and O–H groups in total. The number of aromatic nitrogens is 2. The number of nitro benzene ring substituents is 1. The molecule has 0 unspecified atom stereocenters. The summed E-state index contributed by atoms with van der Waals surface area (Å²) in [5.74, 6) is 1.45. The predicted molar refractivity (Wildman–Crippen MR) is 93.7 cm³/mol. The highest BCUT2D eigenvalue weighted by Gasteiger charge is 2.13. The third-order valence-corrected chi connectivity index (χ3v) is 4.31. The van der Waals surface area contributed by atoms with Crippen molar-refractivity contribution in [3.63, 3.8) is 0 Å². The standard InChI is InChI=1S/C17H12N4O4S/c1-24-15-4-2-13(3-5-15)16-19-20-17(25-16)26-10-12-6-11(9-18)7-14(8-12)21(22)23/h2-8H,10H2,1H3. The summed E-state index contributed by atoms with van der Waals surface area (Å²) in [5.41, 5.74) is 1.50. The van der Waals surface area contributed by atoms with Gasteiger partial charge in [0, 0.05) is 23.4 Å². The van der Waals surface area contributed by atoms with Crippen molar-refractivity contribution in [2.45, 2.75) is 11.0 Å². The Bertz CT molecular complexity index is 979. The molecule has 0 fully saturated rings. The number of nitriles is 1. The van der Waals surface area contributed by atoms with Crippen molar-refractivity contribution < 1.29 is 14.1 Å². The SMILES string of the molecule is COc1ccc(-c2nnc(SCc3cc(C#N)cc([N+](=O)[O-])c3)o2)cc1. The molecular formula is C17H12N4O4S. The number of nitrogens with zero attached hydrogens (tertiary/aromatic N) is 4. The lowest BCUT2D eigenvalue weighted by atomic mass is 10.1. The zero-order chi connectivity index (χ0) is 18.5. The molecule has 3 rings (SSSR count). The Labute approximate surface area is 152 Å². The van der Waals surface area contributed by atoms with Crippen molar-refractivity contribution in [1.29, 1.82) is 5.26 Å². The van der Waals surface area contributed by atoms with E-state index in [1.54, 1.807) is 37.4 Å². The molecule has 0 aliphatic rings. The summed E-state index contributed by atoms with van der Waals surface area (Å²) >= 11 is 1.24. The highest BCUT2D eigenvalue weighted by atomic mass is 32.2. The molecule has 0 spiro atoms. The molecule has 0 amide bonds. The minimum absolute atomic E-state index is 0.121. The Morgan fingerprint density at radius 2 is 2.04 bits per heavy atom. The lowest BCUT2D eigenvalue weighted by molar-refractivity contribution is -0.384. The Morgan fingerprint density at radius 1 is 1.27 bits per heavy atom. The number of hydrogen-bond donors (Lipinski definition) is 0. The summed E-state index contributed by atoms with van der Waals surface area (Å²) in [6.07, 6.45) is 0. The second kappa shape index (κ2) is 7.67. The van der Waals surface area contributed by atoms with Crippen LogP contribution in [-0.4, -0.2) is 22.2 Å². The maximum atomic E-state index is 10.9. The van der Waals surface area contributed by atoms with Crippen molar-refractivity contribution >= 4 is 17.4 Å². The van der Waals surface area contributed by atoms with Crippen LogP contribution < -0.4 is 4.74 Å². The number of methoxy groups -OCH3 is 1. The molecule has 0 atom stereocenters. The third-order valence-electron chi connectivity index (χ3n) is 3.42. The van der Waals surface area contributed by atoms with Crippen LogP contribution in [0, 0.1) is 21.4 Å². The van der Waals surface area contributed by atoms with Gasteiger partial charge in [-0.25, -0.2) is 0 Å². The number of thioether (sulfide) groups is 1. The Balaban J connectivity index is 1.73. The second-order valence-corrected chi connectivity index (χ2v) is 6.07. The number of nitro groups is 1. The number of rotatable bonds is 6. The van der Waals surface area contributed by atoms with Crippen LogP contribution in [0.4, 0.5) is 5.69 Å². The molecule has 2 aromatic carbocycles. The van der Waals surface area contributed by atoms with Crippen LogP contribution in [0.3, 0.4) is 0 Å². The van der Waals surface area contributed by atoms with E-state index in [2.05, 4.69) is 10.2 Å². The van der Waals surface area contributed by atoms with E-state index in [4.69, 9.17) is 14.4 Å². The van der Waals surface area contributed by atoms with Gasteiger partial charge >= 0.3 is 0 Å². The van der Waals surface area contributed by atoms with E-state index in [1.165, 1.54) is 23.9 Å². The van der Waals surface area contributed by atoms with E-state index < -0.39 is 4.92 Å². The third kappa shape index (κ3) is 3.99. The topological polar surface area (TPSA) is 115 Å². The normalized spacial score (nSPS) is 10.3. The van der Waals surface area contributed by atoms with Crippen LogP contribution >= 0.6 is 11.8 Å². The van der Waals surface area contributed by atoms with Gasteiger partial charge in [0.1, 0.15) is 5.75 Å². The lowest BCUT2D eigenvalue weighted by Gasteiger charge is -2.00. The fourth-order valence-corrected chi connectivity index (χ4v) is 2.88. The van der Waals surface area contributed by atoms with Gasteiger partial charge in [0.2, 0.25) is 5.89 Å². The van der Waals surface area contributed by atoms with Gasteiger partial charge in [-0.05, 0) is 35.9 Å². The summed E-state index contributed by atoms with van der Waals surface area (Å²) in [6, 6.07) is 13.4. The van der Waals surface area contributed by atoms with Gasteiger partial charge in [-0.3, -0.25) is 10.1 Å². The monoisotopic (exact) mass is 368 g/mol. The van der Waals surface area contributed by atoms with Crippen molar-refractivity contribution in [3.8, 4) is 23.3 Å². The van der Waals surface area contributed by atoms with E-state index in [-0.39, 0.29) is 11.3 Å². The molecule has 130 valence electrons. The highest BCUT2D eigenvalue weighted by Crippen LogP contribution is 2.28. The molecule has 26 heavy (non-hydrogen) atoms. The number of non-ortho nitro benzene ring substituents is 1. The summed E-state index contributed by atoms with van der Waals surface area (Å²) in [5, 5.41) is 28.2. The van der Waals surface area contributed by atoms with E-state index in [0.29, 0.717) is 22.4 Å².